The van der Waals surface area contributed by atoms with Gasteiger partial charge < -0.3 is 20.1 Å². The van der Waals surface area contributed by atoms with Crippen molar-refractivity contribution in [2.24, 2.45) is 0 Å². The fourth-order valence-electron chi connectivity index (χ4n) is 2.99. The molecule has 1 aromatic heterocycles. The lowest BCUT2D eigenvalue weighted by atomic mass is 10.1. The predicted octanol–water partition coefficient (Wildman–Crippen LogP) is 4.47. The molecule has 0 radical (unpaired) electrons. The summed E-state index contributed by atoms with van der Waals surface area (Å²) in [5, 5.41) is 6.21. The van der Waals surface area contributed by atoms with Crippen LogP contribution in [0.25, 0.3) is 0 Å². The van der Waals surface area contributed by atoms with Gasteiger partial charge in [0, 0.05) is 29.3 Å². The molecule has 28 heavy (non-hydrogen) atoms. The summed E-state index contributed by atoms with van der Waals surface area (Å²) in [6.45, 7) is 5.09. The van der Waals surface area contributed by atoms with Gasteiger partial charge in [-0.2, -0.15) is 0 Å². The fraction of sp³-hybridized carbons (Fsp3) is 0.182. The molecule has 0 fully saturated rings. The van der Waals surface area contributed by atoms with Crippen LogP contribution in [0.15, 0.2) is 54.7 Å². The number of pyridine rings is 1. The molecular weight excluding hydrogens is 354 g/mol. The number of ether oxygens (including phenoxy) is 2. The normalized spacial score (nSPS) is 12.4. The summed E-state index contributed by atoms with van der Waals surface area (Å²) in [4.78, 5) is 16.8. The lowest BCUT2D eigenvalue weighted by Gasteiger charge is -2.19. The highest BCUT2D eigenvalue weighted by Crippen LogP contribution is 2.33. The number of rotatable bonds is 4. The second-order valence-corrected chi connectivity index (χ2v) is 6.61. The van der Waals surface area contributed by atoms with Gasteiger partial charge in [-0.15, -0.1) is 0 Å². The summed E-state index contributed by atoms with van der Waals surface area (Å²) in [5.41, 5.74) is 4.90. The Morgan fingerprint density at radius 3 is 2.61 bits per heavy atom. The highest BCUT2D eigenvalue weighted by Gasteiger charge is 2.13. The number of hydrogen-bond donors (Lipinski definition) is 2. The van der Waals surface area contributed by atoms with Crippen LogP contribution in [0.4, 0.5) is 17.1 Å². The number of carbonyl (C=O) groups is 1. The topological polar surface area (TPSA) is 72.5 Å². The smallest absolute Gasteiger partial charge is 0.274 e. The number of benzene rings is 2. The molecule has 142 valence electrons. The number of aryl methyl sites for hydroxylation is 1. The van der Waals surface area contributed by atoms with E-state index in [4.69, 9.17) is 9.47 Å². The van der Waals surface area contributed by atoms with Gasteiger partial charge in [-0.1, -0.05) is 12.1 Å². The van der Waals surface area contributed by atoms with Crippen LogP contribution in [-0.4, -0.2) is 24.1 Å². The molecule has 0 atom stereocenters. The average molecular weight is 375 g/mol. The maximum atomic E-state index is 12.6. The maximum Gasteiger partial charge on any atom is 0.274 e. The van der Waals surface area contributed by atoms with Gasteiger partial charge in [0.25, 0.3) is 5.91 Å². The number of nitrogens with one attached hydrogen (secondary N) is 2. The summed E-state index contributed by atoms with van der Waals surface area (Å²) < 4.78 is 11.1. The Morgan fingerprint density at radius 2 is 1.75 bits per heavy atom. The number of anilines is 3. The molecule has 0 unspecified atom stereocenters. The molecular formula is C22H21N3O3. The highest BCUT2D eigenvalue weighted by molar-refractivity contribution is 6.03. The molecule has 0 aliphatic carbocycles. The van der Waals surface area contributed by atoms with Crippen molar-refractivity contribution >= 4 is 23.0 Å². The monoisotopic (exact) mass is 375 g/mol. The number of fused-ring (bicyclic) bond motifs is 1. The molecule has 1 aliphatic heterocycles. The van der Waals surface area contributed by atoms with Crippen LogP contribution in [0.2, 0.25) is 0 Å². The average Bonchev–Trinajstić information content (AvgIpc) is 2.71. The lowest BCUT2D eigenvalue weighted by molar-refractivity contribution is 0.102. The van der Waals surface area contributed by atoms with E-state index in [2.05, 4.69) is 15.6 Å². The third kappa shape index (κ3) is 3.76. The van der Waals surface area contributed by atoms with Gasteiger partial charge in [0.05, 0.1) is 0 Å². The van der Waals surface area contributed by atoms with Crippen molar-refractivity contribution in [1.82, 2.24) is 4.98 Å². The quantitative estimate of drug-likeness (QED) is 0.704. The summed E-state index contributed by atoms with van der Waals surface area (Å²) in [5.74, 6) is 1.19. The van der Waals surface area contributed by atoms with Crippen LogP contribution in [0.3, 0.4) is 0 Å². The molecule has 2 heterocycles. The van der Waals surface area contributed by atoms with Crippen molar-refractivity contribution in [3.8, 4) is 11.5 Å². The zero-order chi connectivity index (χ0) is 19.5. The number of carbonyl (C=O) groups excluding carboxylic acids is 1. The molecule has 2 aromatic carbocycles. The Hall–Kier alpha value is -3.54. The minimum atomic E-state index is -0.250. The minimum absolute atomic E-state index is 0.250. The van der Waals surface area contributed by atoms with Gasteiger partial charge in [0.15, 0.2) is 11.5 Å². The third-order valence-electron chi connectivity index (χ3n) is 4.68. The molecule has 1 amide bonds. The Morgan fingerprint density at radius 1 is 0.964 bits per heavy atom. The molecule has 6 heteroatoms. The molecule has 0 saturated heterocycles. The maximum absolute atomic E-state index is 12.6. The first-order valence-corrected chi connectivity index (χ1v) is 9.10. The molecule has 1 aliphatic rings. The second kappa shape index (κ2) is 7.60. The van der Waals surface area contributed by atoms with Gasteiger partial charge in [-0.3, -0.25) is 9.78 Å². The van der Waals surface area contributed by atoms with Crippen molar-refractivity contribution in [2.75, 3.05) is 23.8 Å². The molecule has 0 spiro atoms. The molecule has 0 bridgehead atoms. The number of hydrogen-bond acceptors (Lipinski definition) is 5. The summed E-state index contributed by atoms with van der Waals surface area (Å²) in [7, 11) is 0. The van der Waals surface area contributed by atoms with Gasteiger partial charge in [-0.25, -0.2) is 0 Å². The first-order valence-electron chi connectivity index (χ1n) is 9.10. The van der Waals surface area contributed by atoms with Crippen LogP contribution in [0, 0.1) is 13.8 Å². The van der Waals surface area contributed by atoms with Gasteiger partial charge in [-0.05, 0) is 55.3 Å². The Kier molecular flexibility index (Phi) is 4.85. The fourth-order valence-corrected chi connectivity index (χ4v) is 2.99. The third-order valence-corrected chi connectivity index (χ3v) is 4.68. The Bertz CT molecular complexity index is 1030. The molecule has 6 nitrogen and oxygen atoms in total. The first-order chi connectivity index (χ1) is 13.6. The van der Waals surface area contributed by atoms with Crippen molar-refractivity contribution in [1.29, 1.82) is 0 Å². The van der Waals surface area contributed by atoms with Gasteiger partial charge >= 0.3 is 0 Å². The van der Waals surface area contributed by atoms with Crippen LogP contribution in [0.5, 0.6) is 11.5 Å². The van der Waals surface area contributed by atoms with Crippen LogP contribution >= 0.6 is 0 Å². The van der Waals surface area contributed by atoms with E-state index < -0.39 is 0 Å². The first kappa shape index (κ1) is 17.9. The van der Waals surface area contributed by atoms with E-state index >= 15 is 0 Å². The largest absolute Gasteiger partial charge is 0.486 e. The minimum Gasteiger partial charge on any atom is -0.486 e. The van der Waals surface area contributed by atoms with E-state index in [-0.39, 0.29) is 5.91 Å². The van der Waals surface area contributed by atoms with Crippen LogP contribution < -0.4 is 20.1 Å². The highest BCUT2D eigenvalue weighted by atomic mass is 16.6. The Labute approximate surface area is 163 Å². The molecule has 4 rings (SSSR count). The van der Waals surface area contributed by atoms with Crippen molar-refractivity contribution in [3.63, 3.8) is 0 Å². The lowest BCUT2D eigenvalue weighted by Crippen LogP contribution is -2.15. The van der Waals surface area contributed by atoms with Crippen LogP contribution in [0.1, 0.15) is 21.6 Å². The van der Waals surface area contributed by atoms with Crippen molar-refractivity contribution < 1.29 is 14.3 Å². The Balaban J connectivity index is 1.51. The van der Waals surface area contributed by atoms with E-state index in [9.17, 15) is 4.79 Å². The number of amides is 1. The van der Waals surface area contributed by atoms with Gasteiger partial charge in [0.2, 0.25) is 0 Å². The molecule has 3 aromatic rings. The van der Waals surface area contributed by atoms with E-state index in [1.54, 1.807) is 12.3 Å². The van der Waals surface area contributed by atoms with Gasteiger partial charge in [0.1, 0.15) is 18.9 Å². The zero-order valence-electron chi connectivity index (χ0n) is 15.8. The van der Waals surface area contributed by atoms with E-state index in [1.807, 2.05) is 56.3 Å². The molecule has 2 N–H and O–H groups in total. The zero-order valence-corrected chi connectivity index (χ0v) is 15.8. The number of nitrogens with zero attached hydrogens (tertiary/aromatic N) is 1. The summed E-state index contributed by atoms with van der Waals surface area (Å²) >= 11 is 0. The van der Waals surface area contributed by atoms with E-state index in [0.29, 0.717) is 24.7 Å². The SMILES string of the molecule is Cc1cccc(NC(=O)c2cc(Nc3ccc4c(c3)OCCO4)ccn2)c1C. The summed E-state index contributed by atoms with van der Waals surface area (Å²) in [6.07, 6.45) is 1.61. The van der Waals surface area contributed by atoms with Crippen molar-refractivity contribution in [2.45, 2.75) is 13.8 Å². The second-order valence-electron chi connectivity index (χ2n) is 6.61. The summed E-state index contributed by atoms with van der Waals surface area (Å²) in [6, 6.07) is 15.0. The molecule has 0 saturated carbocycles. The predicted molar refractivity (Wildman–Crippen MR) is 109 cm³/mol. The van der Waals surface area contributed by atoms with Crippen molar-refractivity contribution in [3.05, 3.63) is 71.5 Å². The van der Waals surface area contributed by atoms with E-state index in [0.717, 1.165) is 33.9 Å². The standard InChI is InChI=1S/C22H21N3O3/c1-14-4-3-5-18(15(14)2)25-22(26)19-12-17(8-9-23-19)24-16-6-7-20-21(13-16)28-11-10-27-20/h3-9,12-13H,10-11H2,1-2H3,(H,23,24)(H,25,26). The van der Waals surface area contributed by atoms with E-state index in [1.165, 1.54) is 0 Å². The van der Waals surface area contributed by atoms with Crippen LogP contribution in [-0.2, 0) is 0 Å². The number of aromatic nitrogens is 1.